The molecule has 0 amide bonds. The average molecular weight is 196 g/mol. The van der Waals surface area contributed by atoms with Crippen LogP contribution in [0.3, 0.4) is 0 Å². The Morgan fingerprint density at radius 2 is 1.50 bits per heavy atom. The highest BCUT2D eigenvalue weighted by Gasteiger charge is 2.64. The lowest BCUT2D eigenvalue weighted by Crippen LogP contribution is -2.35. The van der Waals surface area contributed by atoms with Gasteiger partial charge in [-0.05, 0) is 18.8 Å². The smallest absolute Gasteiger partial charge is 0.313 e. The standard InChI is InChI=1S/C10H12O4/c1-6-9(7(11)12)2-3-10(6,5-4-9)8(13)14/h2-3,6H,4-5H2,1H3,(H,11,12)(H,13,14). The molecule has 14 heavy (non-hydrogen) atoms. The highest BCUT2D eigenvalue weighted by Crippen LogP contribution is 2.61. The summed E-state index contributed by atoms with van der Waals surface area (Å²) in [6, 6.07) is 0. The fourth-order valence-electron chi connectivity index (χ4n) is 2.79. The Kier molecular flexibility index (Phi) is 1.57. The molecule has 2 aliphatic carbocycles. The summed E-state index contributed by atoms with van der Waals surface area (Å²) in [5, 5.41) is 18.2. The molecule has 0 aliphatic heterocycles. The summed E-state index contributed by atoms with van der Waals surface area (Å²) < 4.78 is 0. The second kappa shape index (κ2) is 2.38. The molecule has 1 fully saturated rings. The Bertz CT molecular complexity index is 314. The molecule has 0 aromatic heterocycles. The van der Waals surface area contributed by atoms with Crippen molar-refractivity contribution < 1.29 is 19.8 Å². The normalized spacial score (nSPS) is 44.2. The molecule has 2 rings (SSSR count). The van der Waals surface area contributed by atoms with Gasteiger partial charge in [0.15, 0.2) is 0 Å². The third-order valence-corrected chi connectivity index (χ3v) is 3.97. The second-order valence-electron chi connectivity index (χ2n) is 4.25. The van der Waals surface area contributed by atoms with Gasteiger partial charge in [-0.2, -0.15) is 0 Å². The third-order valence-electron chi connectivity index (χ3n) is 3.97. The Labute approximate surface area is 81.2 Å². The maximum atomic E-state index is 11.1. The van der Waals surface area contributed by atoms with Crippen molar-refractivity contribution in [2.45, 2.75) is 19.8 Å². The quantitative estimate of drug-likeness (QED) is 0.649. The summed E-state index contributed by atoms with van der Waals surface area (Å²) in [5.74, 6) is -2.14. The van der Waals surface area contributed by atoms with Crippen molar-refractivity contribution in [3.63, 3.8) is 0 Å². The maximum absolute atomic E-state index is 11.1. The van der Waals surface area contributed by atoms with Crippen molar-refractivity contribution in [3.05, 3.63) is 12.2 Å². The highest BCUT2D eigenvalue weighted by atomic mass is 16.4. The van der Waals surface area contributed by atoms with Gasteiger partial charge in [-0.1, -0.05) is 19.1 Å². The summed E-state index contributed by atoms with van der Waals surface area (Å²) in [4.78, 5) is 22.2. The van der Waals surface area contributed by atoms with Crippen molar-refractivity contribution in [1.82, 2.24) is 0 Å². The van der Waals surface area contributed by atoms with Gasteiger partial charge < -0.3 is 10.2 Å². The first-order valence-corrected chi connectivity index (χ1v) is 4.63. The highest BCUT2D eigenvalue weighted by molar-refractivity contribution is 5.87. The van der Waals surface area contributed by atoms with Crippen molar-refractivity contribution in [3.8, 4) is 0 Å². The Balaban J connectivity index is 2.47. The number of aliphatic carboxylic acids is 2. The predicted molar refractivity (Wildman–Crippen MR) is 47.7 cm³/mol. The molecule has 2 bridgehead atoms. The van der Waals surface area contributed by atoms with Crippen LogP contribution in [-0.2, 0) is 9.59 Å². The average Bonchev–Trinajstić information content (AvgIpc) is 2.58. The Morgan fingerprint density at radius 3 is 1.64 bits per heavy atom. The minimum atomic E-state index is -0.932. The van der Waals surface area contributed by atoms with Crippen LogP contribution in [0.5, 0.6) is 0 Å². The van der Waals surface area contributed by atoms with E-state index < -0.39 is 22.8 Å². The summed E-state index contributed by atoms with van der Waals surface area (Å²) >= 11 is 0. The van der Waals surface area contributed by atoms with Crippen LogP contribution in [0.2, 0.25) is 0 Å². The van der Waals surface area contributed by atoms with E-state index in [2.05, 4.69) is 0 Å². The molecule has 0 aromatic rings. The van der Waals surface area contributed by atoms with Crippen LogP contribution in [0, 0.1) is 16.7 Å². The van der Waals surface area contributed by atoms with Gasteiger partial charge in [-0.15, -0.1) is 0 Å². The molecule has 4 nitrogen and oxygen atoms in total. The summed E-state index contributed by atoms with van der Waals surface area (Å²) in [5.41, 5.74) is -1.86. The van der Waals surface area contributed by atoms with Crippen molar-refractivity contribution in [1.29, 1.82) is 0 Å². The minimum Gasteiger partial charge on any atom is -0.481 e. The predicted octanol–water partition coefficient (Wildman–Crippen LogP) is 1.13. The first-order chi connectivity index (χ1) is 6.46. The van der Waals surface area contributed by atoms with Crippen LogP contribution in [0.1, 0.15) is 19.8 Å². The van der Waals surface area contributed by atoms with Gasteiger partial charge >= 0.3 is 11.9 Å². The molecule has 2 atom stereocenters. The van der Waals surface area contributed by atoms with Crippen LogP contribution in [-0.4, -0.2) is 22.2 Å². The van der Waals surface area contributed by atoms with Gasteiger partial charge in [0.2, 0.25) is 0 Å². The molecular formula is C10H12O4. The van der Waals surface area contributed by atoms with E-state index >= 15 is 0 Å². The Hall–Kier alpha value is -1.32. The molecule has 2 unspecified atom stereocenters. The van der Waals surface area contributed by atoms with E-state index in [-0.39, 0.29) is 5.92 Å². The van der Waals surface area contributed by atoms with E-state index in [1.807, 2.05) is 0 Å². The van der Waals surface area contributed by atoms with Gasteiger partial charge in [0.1, 0.15) is 0 Å². The lowest BCUT2D eigenvalue weighted by molar-refractivity contribution is -0.151. The number of rotatable bonds is 2. The Morgan fingerprint density at radius 1 is 1.14 bits per heavy atom. The molecule has 1 saturated carbocycles. The summed E-state index contributed by atoms with van der Waals surface area (Å²) in [6.45, 7) is 1.72. The molecule has 2 N–H and O–H groups in total. The minimum absolute atomic E-state index is 0.343. The number of hydrogen-bond donors (Lipinski definition) is 2. The van der Waals surface area contributed by atoms with Crippen LogP contribution in [0.4, 0.5) is 0 Å². The molecule has 0 aromatic carbocycles. The number of carboxylic acid groups (broad SMARTS) is 2. The van der Waals surface area contributed by atoms with E-state index in [0.717, 1.165) is 0 Å². The summed E-state index contributed by atoms with van der Waals surface area (Å²) in [6.07, 6.45) is 4.01. The lowest BCUT2D eigenvalue weighted by atomic mass is 9.76. The first kappa shape index (κ1) is 9.24. The number of carbonyl (C=O) groups is 2. The molecule has 4 heteroatoms. The largest absolute Gasteiger partial charge is 0.481 e. The number of fused-ring (bicyclic) bond motifs is 2. The topological polar surface area (TPSA) is 74.6 Å². The van der Waals surface area contributed by atoms with E-state index in [9.17, 15) is 9.59 Å². The van der Waals surface area contributed by atoms with Gasteiger partial charge in [0.05, 0.1) is 10.8 Å². The molecule has 0 spiro atoms. The first-order valence-electron chi connectivity index (χ1n) is 4.63. The zero-order chi connectivity index (χ0) is 10.6. The lowest BCUT2D eigenvalue weighted by Gasteiger charge is -2.25. The monoisotopic (exact) mass is 196 g/mol. The summed E-state index contributed by atoms with van der Waals surface area (Å²) in [7, 11) is 0. The number of carboxylic acids is 2. The van der Waals surface area contributed by atoms with Crippen LogP contribution < -0.4 is 0 Å². The third kappa shape index (κ3) is 0.744. The van der Waals surface area contributed by atoms with E-state index in [4.69, 9.17) is 10.2 Å². The van der Waals surface area contributed by atoms with Crippen molar-refractivity contribution >= 4 is 11.9 Å². The maximum Gasteiger partial charge on any atom is 0.313 e. The molecule has 2 aliphatic rings. The molecule has 0 saturated heterocycles. The fourth-order valence-corrected chi connectivity index (χ4v) is 2.79. The zero-order valence-corrected chi connectivity index (χ0v) is 7.86. The van der Waals surface area contributed by atoms with Crippen molar-refractivity contribution in [2.24, 2.45) is 16.7 Å². The molecule has 0 heterocycles. The fraction of sp³-hybridized carbons (Fsp3) is 0.600. The zero-order valence-electron chi connectivity index (χ0n) is 7.86. The van der Waals surface area contributed by atoms with Crippen LogP contribution >= 0.6 is 0 Å². The SMILES string of the molecule is CC1C2(C(=O)O)C=CC1(C(=O)O)CC2. The van der Waals surface area contributed by atoms with Gasteiger partial charge in [0, 0.05) is 0 Å². The number of hydrogen-bond acceptors (Lipinski definition) is 2. The van der Waals surface area contributed by atoms with E-state index in [0.29, 0.717) is 12.8 Å². The van der Waals surface area contributed by atoms with Gasteiger partial charge in [-0.25, -0.2) is 0 Å². The van der Waals surface area contributed by atoms with Crippen LogP contribution in [0.25, 0.3) is 0 Å². The van der Waals surface area contributed by atoms with E-state index in [1.165, 1.54) is 0 Å². The van der Waals surface area contributed by atoms with Crippen LogP contribution in [0.15, 0.2) is 12.2 Å². The molecular weight excluding hydrogens is 184 g/mol. The van der Waals surface area contributed by atoms with Gasteiger partial charge in [0.25, 0.3) is 0 Å². The molecule has 0 radical (unpaired) electrons. The van der Waals surface area contributed by atoms with Gasteiger partial charge in [-0.3, -0.25) is 9.59 Å². The molecule has 76 valence electrons. The van der Waals surface area contributed by atoms with E-state index in [1.54, 1.807) is 19.1 Å². The second-order valence-corrected chi connectivity index (χ2v) is 4.25. The van der Waals surface area contributed by atoms with Crippen molar-refractivity contribution in [2.75, 3.05) is 0 Å².